The van der Waals surface area contributed by atoms with Gasteiger partial charge in [-0.3, -0.25) is 4.99 Å². The van der Waals surface area contributed by atoms with Crippen molar-refractivity contribution in [2.24, 2.45) is 4.99 Å². The largest absolute Gasteiger partial charge is 0.507 e. The topological polar surface area (TPSA) is 88.1 Å². The fourth-order valence-electron chi connectivity index (χ4n) is 3.00. The summed E-state index contributed by atoms with van der Waals surface area (Å²) >= 11 is 6.86. The molecule has 6 nitrogen and oxygen atoms in total. The lowest BCUT2D eigenvalue weighted by Crippen LogP contribution is -1.92. The zero-order valence-electron chi connectivity index (χ0n) is 16.0. The first-order valence-electron chi connectivity index (χ1n) is 8.87. The van der Waals surface area contributed by atoms with Gasteiger partial charge >= 0.3 is 0 Å². The van der Waals surface area contributed by atoms with Crippen molar-refractivity contribution in [1.82, 2.24) is 4.98 Å². The summed E-state index contributed by atoms with van der Waals surface area (Å²) in [5.74, 6) is 0.623. The highest BCUT2D eigenvalue weighted by Gasteiger charge is 2.16. The molecule has 0 aliphatic heterocycles. The summed E-state index contributed by atoms with van der Waals surface area (Å²) in [6.07, 6.45) is 1.51. The predicted octanol–water partition coefficient (Wildman–Crippen LogP) is 6.50. The average Bonchev–Trinajstić information content (AvgIpc) is 3.17. The van der Waals surface area contributed by atoms with Crippen LogP contribution in [-0.2, 0) is 0 Å². The monoisotopic (exact) mass is 530 g/mol. The Hall–Kier alpha value is -2.84. The summed E-state index contributed by atoms with van der Waals surface area (Å²) in [5.41, 5.74) is 3.81. The number of rotatable bonds is 4. The highest BCUT2D eigenvalue weighted by molar-refractivity contribution is 9.13. The average molecular weight is 532 g/mol. The number of hydrogen-bond donors (Lipinski definition) is 2. The Morgan fingerprint density at radius 2 is 1.93 bits per heavy atom. The van der Waals surface area contributed by atoms with Crippen molar-refractivity contribution in [2.75, 3.05) is 7.11 Å². The molecule has 8 heteroatoms. The molecule has 0 radical (unpaired) electrons. The van der Waals surface area contributed by atoms with E-state index in [0.717, 1.165) is 11.1 Å². The van der Waals surface area contributed by atoms with E-state index >= 15 is 0 Å². The van der Waals surface area contributed by atoms with Crippen LogP contribution in [-0.4, -0.2) is 28.5 Å². The molecule has 4 aromatic rings. The van der Waals surface area contributed by atoms with Crippen LogP contribution >= 0.6 is 31.9 Å². The molecule has 3 aromatic carbocycles. The SMILES string of the molecule is COc1cc(Br)c(Br)c(C=Nc2ccc(O)c(-c3nc4c(C)cccc4o3)c2)c1O. The molecule has 0 aliphatic carbocycles. The van der Waals surface area contributed by atoms with Gasteiger partial charge in [-0.1, -0.05) is 12.1 Å². The van der Waals surface area contributed by atoms with E-state index in [4.69, 9.17) is 9.15 Å². The van der Waals surface area contributed by atoms with Crippen molar-refractivity contribution >= 4 is 54.9 Å². The van der Waals surface area contributed by atoms with E-state index in [-0.39, 0.29) is 11.5 Å². The molecule has 0 spiro atoms. The van der Waals surface area contributed by atoms with E-state index in [0.29, 0.717) is 43.0 Å². The molecule has 30 heavy (non-hydrogen) atoms. The number of methoxy groups -OCH3 is 1. The van der Waals surface area contributed by atoms with Crippen LogP contribution in [0.5, 0.6) is 17.2 Å². The van der Waals surface area contributed by atoms with Crippen molar-refractivity contribution in [3.8, 4) is 28.7 Å². The van der Waals surface area contributed by atoms with Crippen LogP contribution in [0.25, 0.3) is 22.6 Å². The second-order valence-electron chi connectivity index (χ2n) is 6.54. The summed E-state index contributed by atoms with van der Waals surface area (Å²) in [5, 5.41) is 20.8. The van der Waals surface area contributed by atoms with Crippen LogP contribution in [0.15, 0.2) is 60.8 Å². The number of aliphatic imine (C=N–C) groups is 1. The molecule has 0 fully saturated rings. The predicted molar refractivity (Wildman–Crippen MR) is 123 cm³/mol. The highest BCUT2D eigenvalue weighted by Crippen LogP contribution is 2.40. The van der Waals surface area contributed by atoms with Crippen LogP contribution < -0.4 is 4.74 Å². The molecule has 0 saturated heterocycles. The second-order valence-corrected chi connectivity index (χ2v) is 8.18. The number of aromatic nitrogens is 1. The molecule has 1 aromatic heterocycles. The lowest BCUT2D eigenvalue weighted by molar-refractivity contribution is 0.372. The van der Waals surface area contributed by atoms with Gasteiger partial charge in [0.1, 0.15) is 11.3 Å². The summed E-state index contributed by atoms with van der Waals surface area (Å²) in [6, 6.07) is 12.2. The van der Waals surface area contributed by atoms with E-state index in [1.807, 2.05) is 25.1 Å². The molecular formula is C22H16Br2N2O4. The zero-order chi connectivity index (χ0) is 21.4. The van der Waals surface area contributed by atoms with Crippen molar-refractivity contribution in [2.45, 2.75) is 6.92 Å². The van der Waals surface area contributed by atoms with Crippen LogP contribution in [0.3, 0.4) is 0 Å². The number of para-hydroxylation sites is 1. The number of ether oxygens (including phenoxy) is 1. The van der Waals surface area contributed by atoms with E-state index in [1.165, 1.54) is 19.4 Å². The Kier molecular flexibility index (Phi) is 5.53. The van der Waals surface area contributed by atoms with Gasteiger partial charge in [0, 0.05) is 15.2 Å². The molecule has 2 N–H and O–H groups in total. The van der Waals surface area contributed by atoms with Gasteiger partial charge in [-0.25, -0.2) is 4.98 Å². The third-order valence-electron chi connectivity index (χ3n) is 4.59. The summed E-state index contributed by atoms with van der Waals surface area (Å²) in [6.45, 7) is 1.95. The number of phenolic OH excluding ortho intramolecular Hbond substituents is 2. The molecular weight excluding hydrogens is 516 g/mol. The molecule has 0 aliphatic rings. The fourth-order valence-corrected chi connectivity index (χ4v) is 3.83. The first-order valence-corrected chi connectivity index (χ1v) is 10.5. The quantitative estimate of drug-likeness (QED) is 0.293. The molecule has 0 amide bonds. The standard InChI is InChI=1S/C22H16Br2N2O4/c1-11-4-3-5-17-20(11)26-22(30-17)13-8-12(6-7-16(13)27)25-10-14-19(24)15(23)9-18(29-2)21(14)28/h3-10,27-28H,1-2H3. The van der Waals surface area contributed by atoms with Gasteiger partial charge in [-0.15, -0.1) is 0 Å². The number of aryl methyl sites for hydroxylation is 1. The second kappa shape index (κ2) is 8.12. The maximum atomic E-state index is 10.4. The number of oxazole rings is 1. The Bertz CT molecular complexity index is 1300. The minimum Gasteiger partial charge on any atom is -0.507 e. The van der Waals surface area contributed by atoms with Crippen LogP contribution in [0.1, 0.15) is 11.1 Å². The van der Waals surface area contributed by atoms with E-state index in [1.54, 1.807) is 18.2 Å². The van der Waals surface area contributed by atoms with Gasteiger partial charge in [0.05, 0.1) is 23.9 Å². The Balaban J connectivity index is 1.76. The van der Waals surface area contributed by atoms with Crippen LogP contribution in [0, 0.1) is 6.92 Å². The Morgan fingerprint density at radius 3 is 2.67 bits per heavy atom. The van der Waals surface area contributed by atoms with Gasteiger partial charge < -0.3 is 19.4 Å². The van der Waals surface area contributed by atoms with Gasteiger partial charge in [0.2, 0.25) is 5.89 Å². The van der Waals surface area contributed by atoms with Crippen LogP contribution in [0.4, 0.5) is 5.69 Å². The molecule has 0 atom stereocenters. The maximum Gasteiger partial charge on any atom is 0.231 e. The number of hydrogen-bond acceptors (Lipinski definition) is 6. The van der Waals surface area contributed by atoms with Crippen molar-refractivity contribution < 1.29 is 19.4 Å². The number of benzene rings is 3. The first-order chi connectivity index (χ1) is 14.4. The van der Waals surface area contributed by atoms with Gasteiger partial charge in [-0.2, -0.15) is 0 Å². The normalized spacial score (nSPS) is 11.5. The van der Waals surface area contributed by atoms with Crippen molar-refractivity contribution in [1.29, 1.82) is 0 Å². The Labute approximate surface area is 189 Å². The fraction of sp³-hybridized carbons (Fsp3) is 0.0909. The van der Waals surface area contributed by atoms with E-state index in [9.17, 15) is 10.2 Å². The summed E-state index contributed by atoms with van der Waals surface area (Å²) < 4.78 is 12.4. The maximum absolute atomic E-state index is 10.4. The third kappa shape index (κ3) is 3.68. The van der Waals surface area contributed by atoms with Crippen molar-refractivity contribution in [3.05, 3.63) is 62.5 Å². The van der Waals surface area contributed by atoms with Gasteiger partial charge in [0.25, 0.3) is 0 Å². The highest BCUT2D eigenvalue weighted by atomic mass is 79.9. The number of phenols is 2. The van der Waals surface area contributed by atoms with Crippen LogP contribution in [0.2, 0.25) is 0 Å². The lowest BCUT2D eigenvalue weighted by Gasteiger charge is -2.09. The minimum atomic E-state index is -0.0373. The summed E-state index contributed by atoms with van der Waals surface area (Å²) in [4.78, 5) is 8.96. The van der Waals surface area contributed by atoms with E-state index < -0.39 is 0 Å². The van der Waals surface area contributed by atoms with Crippen molar-refractivity contribution in [3.63, 3.8) is 0 Å². The minimum absolute atomic E-state index is 0.0336. The molecule has 0 bridgehead atoms. The van der Waals surface area contributed by atoms with E-state index in [2.05, 4.69) is 41.8 Å². The molecule has 152 valence electrons. The van der Waals surface area contributed by atoms with Gasteiger partial charge in [-0.05, 0) is 74.7 Å². The molecule has 0 saturated carbocycles. The number of halogens is 2. The number of fused-ring (bicyclic) bond motifs is 1. The Morgan fingerprint density at radius 1 is 1.13 bits per heavy atom. The zero-order valence-corrected chi connectivity index (χ0v) is 19.2. The lowest BCUT2D eigenvalue weighted by atomic mass is 10.1. The number of nitrogens with zero attached hydrogens (tertiary/aromatic N) is 2. The number of aromatic hydroxyl groups is 2. The van der Waals surface area contributed by atoms with Gasteiger partial charge in [0.15, 0.2) is 17.1 Å². The third-order valence-corrected chi connectivity index (χ3v) is 6.60. The smallest absolute Gasteiger partial charge is 0.231 e. The molecule has 0 unspecified atom stereocenters. The summed E-state index contributed by atoms with van der Waals surface area (Å²) in [7, 11) is 1.48. The molecule has 1 heterocycles. The molecule has 4 rings (SSSR count). The first kappa shape index (κ1) is 20.4.